The van der Waals surface area contributed by atoms with Gasteiger partial charge < -0.3 is 10.6 Å². The van der Waals surface area contributed by atoms with Crippen LogP contribution in [0.4, 0.5) is 20.2 Å². The Labute approximate surface area is 104 Å². The van der Waals surface area contributed by atoms with Crippen LogP contribution in [-0.2, 0) is 13.1 Å². The molecule has 0 amide bonds. The van der Waals surface area contributed by atoms with Gasteiger partial charge in [-0.15, -0.1) is 0 Å². The molecule has 2 aromatic carbocycles. The van der Waals surface area contributed by atoms with Crippen LogP contribution in [0.2, 0.25) is 0 Å². The highest BCUT2D eigenvalue weighted by Crippen LogP contribution is 2.34. The van der Waals surface area contributed by atoms with E-state index in [0.29, 0.717) is 18.8 Å². The fraction of sp³-hybridized carbons (Fsp3) is 0.143. The fourth-order valence-electron chi connectivity index (χ4n) is 2.40. The normalized spacial score (nSPS) is 13.8. The van der Waals surface area contributed by atoms with E-state index in [-0.39, 0.29) is 5.69 Å². The molecule has 2 nitrogen and oxygen atoms in total. The van der Waals surface area contributed by atoms with Crippen molar-refractivity contribution < 1.29 is 8.78 Å². The number of nitrogen functional groups attached to an aromatic ring is 1. The summed E-state index contributed by atoms with van der Waals surface area (Å²) in [5, 5.41) is 0. The summed E-state index contributed by atoms with van der Waals surface area (Å²) >= 11 is 0. The molecule has 0 radical (unpaired) electrons. The third-order valence-electron chi connectivity index (χ3n) is 3.27. The summed E-state index contributed by atoms with van der Waals surface area (Å²) in [4.78, 5) is 1.67. The largest absolute Gasteiger partial charge is 0.398 e. The number of halogens is 2. The maximum Gasteiger partial charge on any atom is 0.149 e. The average molecular weight is 246 g/mol. The van der Waals surface area contributed by atoms with Gasteiger partial charge in [0.2, 0.25) is 0 Å². The van der Waals surface area contributed by atoms with Crippen molar-refractivity contribution in [2.24, 2.45) is 0 Å². The lowest BCUT2D eigenvalue weighted by molar-refractivity contribution is 0.573. The Morgan fingerprint density at radius 2 is 1.61 bits per heavy atom. The Morgan fingerprint density at radius 1 is 0.944 bits per heavy atom. The molecule has 0 aromatic heterocycles. The van der Waals surface area contributed by atoms with E-state index in [1.54, 1.807) is 11.0 Å². The van der Waals surface area contributed by atoms with E-state index in [1.807, 2.05) is 12.1 Å². The van der Waals surface area contributed by atoms with Crippen LogP contribution in [0.3, 0.4) is 0 Å². The van der Waals surface area contributed by atoms with E-state index < -0.39 is 11.6 Å². The van der Waals surface area contributed by atoms with E-state index in [0.717, 1.165) is 11.1 Å². The first kappa shape index (κ1) is 11.0. The van der Waals surface area contributed by atoms with E-state index in [1.165, 1.54) is 18.2 Å². The maximum absolute atomic E-state index is 13.7. The number of para-hydroxylation sites is 1. The molecule has 18 heavy (non-hydrogen) atoms. The van der Waals surface area contributed by atoms with Crippen LogP contribution in [0.5, 0.6) is 0 Å². The van der Waals surface area contributed by atoms with E-state index in [4.69, 9.17) is 5.73 Å². The predicted molar refractivity (Wildman–Crippen MR) is 67.1 cm³/mol. The van der Waals surface area contributed by atoms with Gasteiger partial charge in [-0.25, -0.2) is 8.78 Å². The van der Waals surface area contributed by atoms with Gasteiger partial charge in [-0.3, -0.25) is 0 Å². The first-order valence-corrected chi connectivity index (χ1v) is 5.72. The Hall–Kier alpha value is -2.10. The molecule has 92 valence electrons. The Balaban J connectivity index is 2.02. The van der Waals surface area contributed by atoms with Crippen LogP contribution in [-0.4, -0.2) is 0 Å². The molecule has 1 aliphatic heterocycles. The molecule has 0 saturated heterocycles. The molecule has 0 saturated carbocycles. The summed E-state index contributed by atoms with van der Waals surface area (Å²) in [6.45, 7) is 0.929. The Kier molecular flexibility index (Phi) is 2.44. The van der Waals surface area contributed by atoms with Gasteiger partial charge >= 0.3 is 0 Å². The molecule has 2 aromatic rings. The number of nitrogens with two attached hydrogens (primary N) is 1. The number of nitrogens with zero attached hydrogens (tertiary/aromatic N) is 1. The van der Waals surface area contributed by atoms with Gasteiger partial charge in [0.15, 0.2) is 0 Å². The van der Waals surface area contributed by atoms with Gasteiger partial charge in [-0.2, -0.15) is 0 Å². The number of hydrogen-bond donors (Lipinski definition) is 1. The highest BCUT2D eigenvalue weighted by molar-refractivity contribution is 5.60. The molecule has 4 heteroatoms. The van der Waals surface area contributed by atoms with Gasteiger partial charge in [-0.05, 0) is 29.3 Å². The Morgan fingerprint density at radius 3 is 2.28 bits per heavy atom. The third kappa shape index (κ3) is 1.61. The number of benzene rings is 2. The summed E-state index contributed by atoms with van der Waals surface area (Å²) in [6, 6.07) is 9.50. The first-order chi connectivity index (χ1) is 8.66. The van der Waals surface area contributed by atoms with Crippen molar-refractivity contribution in [3.63, 3.8) is 0 Å². The standard InChI is InChI=1S/C14H12F2N2/c15-11-4-2-5-12(16)14(11)18-7-9-3-1-6-13(17)10(9)8-18/h1-6H,7-8,17H2. The SMILES string of the molecule is Nc1cccc2c1CN(c1c(F)cccc1F)C2. The highest BCUT2D eigenvalue weighted by Gasteiger charge is 2.25. The zero-order chi connectivity index (χ0) is 12.7. The van der Waals surface area contributed by atoms with Crippen molar-refractivity contribution >= 4 is 11.4 Å². The minimum absolute atomic E-state index is 0.0214. The van der Waals surface area contributed by atoms with Crippen LogP contribution in [0.15, 0.2) is 36.4 Å². The zero-order valence-corrected chi connectivity index (χ0v) is 9.66. The number of fused-ring (bicyclic) bond motifs is 1. The van der Waals surface area contributed by atoms with Gasteiger partial charge in [0.05, 0.1) is 0 Å². The number of hydrogen-bond acceptors (Lipinski definition) is 2. The van der Waals surface area contributed by atoms with Crippen LogP contribution in [0.25, 0.3) is 0 Å². The first-order valence-electron chi connectivity index (χ1n) is 5.72. The second-order valence-electron chi connectivity index (χ2n) is 4.41. The van der Waals surface area contributed by atoms with E-state index in [2.05, 4.69) is 0 Å². The summed E-state index contributed by atoms with van der Waals surface area (Å²) in [6.07, 6.45) is 0. The summed E-state index contributed by atoms with van der Waals surface area (Å²) < 4.78 is 27.4. The lowest BCUT2D eigenvalue weighted by atomic mass is 10.1. The van der Waals surface area contributed by atoms with Crippen molar-refractivity contribution in [2.45, 2.75) is 13.1 Å². The van der Waals surface area contributed by atoms with Gasteiger partial charge in [0.1, 0.15) is 17.3 Å². The van der Waals surface area contributed by atoms with Crippen molar-refractivity contribution in [1.29, 1.82) is 0 Å². The number of anilines is 2. The topological polar surface area (TPSA) is 29.3 Å². The third-order valence-corrected chi connectivity index (χ3v) is 3.27. The molecule has 0 bridgehead atoms. The molecule has 1 heterocycles. The molecule has 0 atom stereocenters. The van der Waals surface area contributed by atoms with Gasteiger partial charge in [0.25, 0.3) is 0 Å². The quantitative estimate of drug-likeness (QED) is 0.783. The van der Waals surface area contributed by atoms with Crippen LogP contribution in [0, 0.1) is 11.6 Å². The lowest BCUT2D eigenvalue weighted by Gasteiger charge is -2.19. The van der Waals surface area contributed by atoms with Gasteiger partial charge in [0, 0.05) is 18.8 Å². The zero-order valence-electron chi connectivity index (χ0n) is 9.66. The van der Waals surface area contributed by atoms with Crippen molar-refractivity contribution in [3.05, 3.63) is 59.2 Å². The second kappa shape index (κ2) is 3.98. The van der Waals surface area contributed by atoms with Crippen molar-refractivity contribution in [3.8, 4) is 0 Å². The molecule has 2 N–H and O–H groups in total. The monoisotopic (exact) mass is 246 g/mol. The fourth-order valence-corrected chi connectivity index (χ4v) is 2.40. The molecule has 0 fully saturated rings. The molecule has 0 spiro atoms. The predicted octanol–water partition coefficient (Wildman–Crippen LogP) is 3.07. The van der Waals surface area contributed by atoms with Crippen molar-refractivity contribution in [1.82, 2.24) is 0 Å². The number of rotatable bonds is 1. The summed E-state index contributed by atoms with van der Waals surface area (Å²) in [7, 11) is 0. The molecular weight excluding hydrogens is 234 g/mol. The maximum atomic E-state index is 13.7. The van der Waals surface area contributed by atoms with E-state index >= 15 is 0 Å². The Bertz CT molecular complexity index is 590. The van der Waals surface area contributed by atoms with Gasteiger partial charge in [-0.1, -0.05) is 18.2 Å². The molecular formula is C14H12F2N2. The highest BCUT2D eigenvalue weighted by atomic mass is 19.1. The van der Waals surface area contributed by atoms with Crippen LogP contribution in [0.1, 0.15) is 11.1 Å². The van der Waals surface area contributed by atoms with Crippen molar-refractivity contribution in [2.75, 3.05) is 10.6 Å². The minimum atomic E-state index is -0.540. The summed E-state index contributed by atoms with van der Waals surface area (Å²) in [5.74, 6) is -1.08. The second-order valence-corrected chi connectivity index (χ2v) is 4.41. The molecule has 3 rings (SSSR count). The minimum Gasteiger partial charge on any atom is -0.398 e. The van der Waals surface area contributed by atoms with Crippen LogP contribution < -0.4 is 10.6 Å². The molecule has 0 aliphatic carbocycles. The van der Waals surface area contributed by atoms with Crippen LogP contribution >= 0.6 is 0 Å². The molecule has 0 unspecified atom stereocenters. The smallest absolute Gasteiger partial charge is 0.149 e. The summed E-state index contributed by atoms with van der Waals surface area (Å²) in [5.41, 5.74) is 8.55. The van der Waals surface area contributed by atoms with E-state index in [9.17, 15) is 8.78 Å². The lowest BCUT2D eigenvalue weighted by Crippen LogP contribution is -2.17. The average Bonchev–Trinajstić information content (AvgIpc) is 2.74. The molecule has 1 aliphatic rings.